The highest BCUT2D eigenvalue weighted by Gasteiger charge is 2.28. The maximum atomic E-state index is 12.0. The number of hydrogen-bond acceptors (Lipinski definition) is 3. The van der Waals surface area contributed by atoms with Gasteiger partial charge in [-0.1, -0.05) is 6.92 Å². The molecule has 0 amide bonds. The number of likely N-dealkylation sites (N-methyl/N-ethyl adjacent to an activating group) is 1. The lowest BCUT2D eigenvalue weighted by Crippen LogP contribution is -2.28. The molecule has 0 aliphatic rings. The zero-order valence-electron chi connectivity index (χ0n) is 10.7. The monoisotopic (exact) mass is 265 g/mol. The Bertz CT molecular complexity index is 374. The van der Waals surface area contributed by atoms with Gasteiger partial charge in [0.1, 0.15) is 18.1 Å². The summed E-state index contributed by atoms with van der Waals surface area (Å²) in [6.07, 6.45) is -4.29. The van der Waals surface area contributed by atoms with E-state index >= 15 is 0 Å². The molecule has 0 saturated heterocycles. The van der Waals surface area contributed by atoms with Crippen LogP contribution in [0.3, 0.4) is 0 Å². The molecule has 1 unspecified atom stereocenters. The van der Waals surface area contributed by atoms with E-state index in [2.05, 4.69) is 5.32 Å². The Balaban J connectivity index is 2.63. The lowest BCUT2D eigenvalue weighted by Gasteiger charge is -2.18. The summed E-state index contributed by atoms with van der Waals surface area (Å²) in [5.74, 6) is 1.44. The fourth-order valence-electron chi connectivity index (χ4n) is 1.79. The van der Waals surface area contributed by atoms with E-state index in [-0.39, 0.29) is 12.6 Å². The summed E-state index contributed by atoms with van der Waals surface area (Å²) < 4.78 is 46.1. The van der Waals surface area contributed by atoms with Crippen LogP contribution in [0.2, 0.25) is 0 Å². The molecule has 3 nitrogen and oxygen atoms in total. The molecule has 1 rings (SSSR count). The molecule has 18 heavy (non-hydrogen) atoms. The number of ether oxygens (including phenoxy) is 1. The van der Waals surface area contributed by atoms with Crippen LogP contribution in [0.25, 0.3) is 0 Å². The molecule has 0 bridgehead atoms. The van der Waals surface area contributed by atoms with E-state index in [0.29, 0.717) is 12.3 Å². The van der Waals surface area contributed by atoms with Gasteiger partial charge in [-0.15, -0.1) is 0 Å². The number of nitrogens with one attached hydrogen (secondary N) is 1. The highest BCUT2D eigenvalue weighted by atomic mass is 19.4. The number of furan rings is 1. The van der Waals surface area contributed by atoms with Crippen molar-refractivity contribution in [2.75, 3.05) is 19.8 Å². The van der Waals surface area contributed by atoms with E-state index in [4.69, 9.17) is 9.15 Å². The average molecular weight is 265 g/mol. The Labute approximate surface area is 104 Å². The minimum Gasteiger partial charge on any atom is -0.466 e. The molecule has 0 radical (unpaired) electrons. The molecule has 0 aliphatic heterocycles. The minimum absolute atomic E-state index is 0.0346. The first-order chi connectivity index (χ1) is 8.33. The fourth-order valence-corrected chi connectivity index (χ4v) is 1.79. The first kappa shape index (κ1) is 15.0. The van der Waals surface area contributed by atoms with Gasteiger partial charge < -0.3 is 14.5 Å². The van der Waals surface area contributed by atoms with Gasteiger partial charge in [-0.05, 0) is 26.5 Å². The molecule has 0 saturated carbocycles. The van der Waals surface area contributed by atoms with Crippen LogP contribution in [-0.2, 0) is 4.74 Å². The van der Waals surface area contributed by atoms with Gasteiger partial charge in [0.15, 0.2) is 0 Å². The van der Waals surface area contributed by atoms with Crippen LogP contribution in [0.15, 0.2) is 10.5 Å². The normalized spacial score (nSPS) is 13.9. The molecule has 1 N–H and O–H groups in total. The lowest BCUT2D eigenvalue weighted by molar-refractivity contribution is -0.175. The van der Waals surface area contributed by atoms with Crippen molar-refractivity contribution in [3.05, 3.63) is 23.2 Å². The first-order valence-corrected chi connectivity index (χ1v) is 5.78. The molecule has 1 aromatic heterocycles. The SMILES string of the molecule is CCNC(COCC(F)(F)F)c1cc(C)oc1C. The third-order valence-corrected chi connectivity index (χ3v) is 2.46. The Morgan fingerprint density at radius 3 is 2.50 bits per heavy atom. The van der Waals surface area contributed by atoms with Crippen molar-refractivity contribution in [3.8, 4) is 0 Å². The van der Waals surface area contributed by atoms with Gasteiger partial charge in [-0.25, -0.2) is 0 Å². The first-order valence-electron chi connectivity index (χ1n) is 5.78. The number of rotatable bonds is 6. The predicted octanol–water partition coefficient (Wildman–Crippen LogP) is 3.13. The summed E-state index contributed by atoms with van der Waals surface area (Å²) >= 11 is 0. The molecular formula is C12H18F3NO2. The van der Waals surface area contributed by atoms with Crippen molar-refractivity contribution in [2.45, 2.75) is 33.0 Å². The second-order valence-corrected chi connectivity index (χ2v) is 4.11. The molecule has 0 aliphatic carbocycles. The van der Waals surface area contributed by atoms with E-state index in [0.717, 1.165) is 11.3 Å². The van der Waals surface area contributed by atoms with Gasteiger partial charge >= 0.3 is 6.18 Å². The summed E-state index contributed by atoms with van der Waals surface area (Å²) in [5.41, 5.74) is 0.844. The molecule has 0 fully saturated rings. The topological polar surface area (TPSA) is 34.4 Å². The van der Waals surface area contributed by atoms with Crippen LogP contribution in [0, 0.1) is 13.8 Å². The third kappa shape index (κ3) is 4.70. The molecule has 1 atom stereocenters. The zero-order valence-corrected chi connectivity index (χ0v) is 10.7. The van der Waals surface area contributed by atoms with Gasteiger partial charge in [0.25, 0.3) is 0 Å². The standard InChI is InChI=1S/C12H18F3NO2/c1-4-16-11(6-17-7-12(13,14)15)10-5-8(2)18-9(10)3/h5,11,16H,4,6-7H2,1-3H3. The van der Waals surface area contributed by atoms with Crippen LogP contribution in [0.1, 0.15) is 30.0 Å². The Morgan fingerprint density at radius 2 is 2.06 bits per heavy atom. The third-order valence-electron chi connectivity index (χ3n) is 2.46. The summed E-state index contributed by atoms with van der Waals surface area (Å²) in [4.78, 5) is 0. The van der Waals surface area contributed by atoms with Crippen molar-refractivity contribution in [1.29, 1.82) is 0 Å². The second-order valence-electron chi connectivity index (χ2n) is 4.11. The molecule has 0 aromatic carbocycles. The van der Waals surface area contributed by atoms with E-state index in [1.807, 2.05) is 13.0 Å². The van der Waals surface area contributed by atoms with E-state index < -0.39 is 12.8 Å². The summed E-state index contributed by atoms with van der Waals surface area (Å²) in [6, 6.07) is 1.54. The Morgan fingerprint density at radius 1 is 1.39 bits per heavy atom. The quantitative estimate of drug-likeness (QED) is 0.858. The summed E-state index contributed by atoms with van der Waals surface area (Å²) in [5, 5.41) is 3.09. The van der Waals surface area contributed by atoms with Crippen LogP contribution in [0.5, 0.6) is 0 Å². The highest BCUT2D eigenvalue weighted by Crippen LogP contribution is 2.23. The molecular weight excluding hydrogens is 247 g/mol. The number of halogens is 3. The summed E-state index contributed by atoms with van der Waals surface area (Å²) in [7, 11) is 0. The maximum Gasteiger partial charge on any atom is 0.411 e. The van der Waals surface area contributed by atoms with Crippen molar-refractivity contribution in [1.82, 2.24) is 5.32 Å². The zero-order chi connectivity index (χ0) is 13.8. The van der Waals surface area contributed by atoms with Gasteiger partial charge in [0, 0.05) is 5.56 Å². The minimum atomic E-state index is -4.29. The summed E-state index contributed by atoms with van der Waals surface area (Å²) in [6.45, 7) is 4.85. The van der Waals surface area contributed by atoms with Gasteiger partial charge in [-0.3, -0.25) is 0 Å². The van der Waals surface area contributed by atoms with Gasteiger partial charge in [-0.2, -0.15) is 13.2 Å². The van der Waals surface area contributed by atoms with E-state index in [1.165, 1.54) is 0 Å². The van der Waals surface area contributed by atoms with Crippen molar-refractivity contribution < 1.29 is 22.3 Å². The van der Waals surface area contributed by atoms with E-state index in [1.54, 1.807) is 13.8 Å². The van der Waals surface area contributed by atoms with Crippen LogP contribution in [0.4, 0.5) is 13.2 Å². The fraction of sp³-hybridized carbons (Fsp3) is 0.667. The highest BCUT2D eigenvalue weighted by molar-refractivity contribution is 5.24. The molecule has 1 heterocycles. The van der Waals surface area contributed by atoms with Crippen LogP contribution >= 0.6 is 0 Å². The number of hydrogen-bond donors (Lipinski definition) is 1. The Kier molecular flexibility index (Phi) is 5.22. The molecule has 0 spiro atoms. The maximum absolute atomic E-state index is 12.0. The largest absolute Gasteiger partial charge is 0.466 e. The number of aryl methyl sites for hydroxylation is 2. The van der Waals surface area contributed by atoms with Gasteiger partial charge in [0.2, 0.25) is 0 Å². The lowest BCUT2D eigenvalue weighted by atomic mass is 10.1. The molecule has 6 heteroatoms. The number of alkyl halides is 3. The van der Waals surface area contributed by atoms with Crippen molar-refractivity contribution in [2.24, 2.45) is 0 Å². The Hall–Kier alpha value is -1.01. The molecule has 1 aromatic rings. The predicted molar refractivity (Wildman–Crippen MR) is 61.5 cm³/mol. The van der Waals surface area contributed by atoms with E-state index in [9.17, 15) is 13.2 Å². The smallest absolute Gasteiger partial charge is 0.411 e. The second kappa shape index (κ2) is 6.24. The van der Waals surface area contributed by atoms with Crippen LogP contribution in [-0.4, -0.2) is 25.9 Å². The molecule has 104 valence electrons. The van der Waals surface area contributed by atoms with Crippen LogP contribution < -0.4 is 5.32 Å². The van der Waals surface area contributed by atoms with Crippen molar-refractivity contribution in [3.63, 3.8) is 0 Å². The average Bonchev–Trinajstić information content (AvgIpc) is 2.55. The van der Waals surface area contributed by atoms with Gasteiger partial charge in [0.05, 0.1) is 12.6 Å². The van der Waals surface area contributed by atoms with Crippen molar-refractivity contribution >= 4 is 0 Å².